The van der Waals surface area contributed by atoms with E-state index in [-0.39, 0.29) is 16.5 Å². The zero-order valence-electron chi connectivity index (χ0n) is 13.7. The van der Waals surface area contributed by atoms with Crippen molar-refractivity contribution in [3.05, 3.63) is 34.9 Å². The topological polar surface area (TPSA) is 74.6 Å². The van der Waals surface area contributed by atoms with E-state index in [0.717, 1.165) is 38.5 Å². The fourth-order valence-corrected chi connectivity index (χ4v) is 3.14. The molecule has 0 aliphatic heterocycles. The van der Waals surface area contributed by atoms with Gasteiger partial charge in [-0.2, -0.15) is 0 Å². The van der Waals surface area contributed by atoms with E-state index < -0.39 is 11.9 Å². The molecule has 0 radical (unpaired) electrons. The largest absolute Gasteiger partial charge is 0.478 e. The standard InChI is InChI=1S/C18H26O4/c1-4-7-8-11-18(5-2,6-3)15-12-13(16(19)20)9-10-14(15)17(21)22/h9-10,12H,4-8,11H2,1-3H3,(H,19,20)(H,21,22). The zero-order chi connectivity index (χ0) is 16.8. The maximum atomic E-state index is 11.6. The second kappa shape index (κ2) is 7.97. The molecule has 22 heavy (non-hydrogen) atoms. The van der Waals surface area contributed by atoms with Crippen LogP contribution in [0.15, 0.2) is 18.2 Å². The number of benzene rings is 1. The molecule has 4 heteroatoms. The third-order valence-electron chi connectivity index (χ3n) is 4.68. The van der Waals surface area contributed by atoms with Gasteiger partial charge < -0.3 is 10.2 Å². The number of rotatable bonds is 9. The van der Waals surface area contributed by atoms with E-state index in [0.29, 0.717) is 5.56 Å². The van der Waals surface area contributed by atoms with Crippen molar-refractivity contribution in [1.29, 1.82) is 0 Å². The van der Waals surface area contributed by atoms with Gasteiger partial charge in [0.05, 0.1) is 11.1 Å². The highest BCUT2D eigenvalue weighted by Crippen LogP contribution is 2.39. The Kier molecular flexibility index (Phi) is 6.60. The lowest BCUT2D eigenvalue weighted by molar-refractivity contribution is 0.0678. The molecular weight excluding hydrogens is 280 g/mol. The molecular formula is C18H26O4. The fourth-order valence-electron chi connectivity index (χ4n) is 3.14. The van der Waals surface area contributed by atoms with Gasteiger partial charge >= 0.3 is 11.9 Å². The molecule has 0 unspecified atom stereocenters. The van der Waals surface area contributed by atoms with Crippen molar-refractivity contribution in [2.45, 2.75) is 64.7 Å². The lowest BCUT2D eigenvalue weighted by Gasteiger charge is -2.34. The first-order valence-corrected chi connectivity index (χ1v) is 8.03. The molecule has 0 aliphatic rings. The van der Waals surface area contributed by atoms with Crippen LogP contribution in [0.25, 0.3) is 0 Å². The maximum Gasteiger partial charge on any atom is 0.335 e. The minimum absolute atomic E-state index is 0.154. The smallest absolute Gasteiger partial charge is 0.335 e. The van der Waals surface area contributed by atoms with Gasteiger partial charge in [-0.25, -0.2) is 9.59 Å². The van der Waals surface area contributed by atoms with Gasteiger partial charge in [-0.05, 0) is 48.4 Å². The van der Waals surface area contributed by atoms with Gasteiger partial charge in [0, 0.05) is 0 Å². The molecule has 0 bridgehead atoms. The minimum Gasteiger partial charge on any atom is -0.478 e. The Morgan fingerprint density at radius 2 is 1.64 bits per heavy atom. The van der Waals surface area contributed by atoms with Crippen molar-refractivity contribution < 1.29 is 19.8 Å². The van der Waals surface area contributed by atoms with E-state index in [1.807, 2.05) is 0 Å². The number of hydrogen-bond donors (Lipinski definition) is 2. The number of carbonyl (C=O) groups is 2. The van der Waals surface area contributed by atoms with Crippen LogP contribution in [0.5, 0.6) is 0 Å². The van der Waals surface area contributed by atoms with E-state index in [2.05, 4.69) is 20.8 Å². The number of carboxylic acid groups (broad SMARTS) is 2. The number of hydrogen-bond acceptors (Lipinski definition) is 2. The summed E-state index contributed by atoms with van der Waals surface area (Å²) in [4.78, 5) is 22.8. The lowest BCUT2D eigenvalue weighted by atomic mass is 9.70. The average molecular weight is 306 g/mol. The zero-order valence-corrected chi connectivity index (χ0v) is 13.7. The van der Waals surface area contributed by atoms with Crippen LogP contribution in [0.1, 0.15) is 85.6 Å². The van der Waals surface area contributed by atoms with Crippen LogP contribution < -0.4 is 0 Å². The summed E-state index contributed by atoms with van der Waals surface area (Å²) >= 11 is 0. The molecule has 0 saturated heterocycles. The molecule has 0 heterocycles. The van der Waals surface area contributed by atoms with E-state index in [4.69, 9.17) is 0 Å². The van der Waals surface area contributed by atoms with Crippen molar-refractivity contribution in [2.75, 3.05) is 0 Å². The summed E-state index contributed by atoms with van der Waals surface area (Å²) in [5, 5.41) is 18.7. The van der Waals surface area contributed by atoms with Gasteiger partial charge in [-0.3, -0.25) is 0 Å². The molecule has 0 aromatic heterocycles. The van der Waals surface area contributed by atoms with Crippen LogP contribution in [0.4, 0.5) is 0 Å². The second-order valence-electron chi connectivity index (χ2n) is 5.82. The third kappa shape index (κ3) is 3.87. The highest BCUT2D eigenvalue weighted by atomic mass is 16.4. The molecule has 1 aromatic carbocycles. The molecule has 122 valence electrons. The normalized spacial score (nSPS) is 11.4. The first kappa shape index (κ1) is 18.2. The maximum absolute atomic E-state index is 11.6. The summed E-state index contributed by atoms with van der Waals surface area (Å²) in [6, 6.07) is 4.36. The lowest BCUT2D eigenvalue weighted by Crippen LogP contribution is -2.27. The summed E-state index contributed by atoms with van der Waals surface area (Å²) in [6.45, 7) is 6.23. The predicted octanol–water partition coefficient (Wildman–Crippen LogP) is 4.72. The van der Waals surface area contributed by atoms with Crippen LogP contribution in [-0.2, 0) is 5.41 Å². The molecule has 0 saturated carbocycles. The summed E-state index contributed by atoms with van der Waals surface area (Å²) in [5.74, 6) is -2.01. The van der Waals surface area contributed by atoms with Gasteiger partial charge in [0.1, 0.15) is 0 Å². The van der Waals surface area contributed by atoms with Crippen molar-refractivity contribution in [2.24, 2.45) is 0 Å². The predicted molar refractivity (Wildman–Crippen MR) is 86.8 cm³/mol. The van der Waals surface area contributed by atoms with Crippen LogP contribution in [0, 0.1) is 0 Å². The summed E-state index contributed by atoms with van der Waals surface area (Å²) < 4.78 is 0. The highest BCUT2D eigenvalue weighted by molar-refractivity contribution is 5.93. The van der Waals surface area contributed by atoms with E-state index in [1.54, 1.807) is 6.07 Å². The molecule has 2 N–H and O–H groups in total. The molecule has 0 amide bonds. The Balaban J connectivity index is 3.40. The molecule has 0 aliphatic carbocycles. The molecule has 1 rings (SSSR count). The molecule has 1 aromatic rings. The summed E-state index contributed by atoms with van der Waals surface area (Å²) in [6.07, 6.45) is 5.71. The van der Waals surface area contributed by atoms with Gasteiger partial charge in [0.25, 0.3) is 0 Å². The van der Waals surface area contributed by atoms with E-state index in [1.165, 1.54) is 12.1 Å². The van der Waals surface area contributed by atoms with E-state index >= 15 is 0 Å². The second-order valence-corrected chi connectivity index (χ2v) is 5.82. The van der Waals surface area contributed by atoms with Gasteiger partial charge in [-0.1, -0.05) is 40.0 Å². The van der Waals surface area contributed by atoms with Crippen LogP contribution in [0.2, 0.25) is 0 Å². The SMILES string of the molecule is CCCCCC(CC)(CC)c1cc(C(=O)O)ccc1C(=O)O. The highest BCUT2D eigenvalue weighted by Gasteiger charge is 2.32. The monoisotopic (exact) mass is 306 g/mol. The molecule has 0 spiro atoms. The Morgan fingerprint density at radius 1 is 1.00 bits per heavy atom. The third-order valence-corrected chi connectivity index (χ3v) is 4.68. The average Bonchev–Trinajstić information content (AvgIpc) is 2.51. The number of unbranched alkanes of at least 4 members (excludes halogenated alkanes) is 2. The molecule has 4 nitrogen and oxygen atoms in total. The molecule has 0 atom stereocenters. The minimum atomic E-state index is -1.02. The molecule has 0 fully saturated rings. The number of carboxylic acids is 2. The Hall–Kier alpha value is -1.84. The Bertz CT molecular complexity index is 530. The summed E-state index contributed by atoms with van der Waals surface area (Å²) in [5.41, 5.74) is 0.780. The first-order valence-electron chi connectivity index (χ1n) is 8.03. The van der Waals surface area contributed by atoms with Crippen LogP contribution in [-0.4, -0.2) is 22.2 Å². The van der Waals surface area contributed by atoms with Gasteiger partial charge in [0.15, 0.2) is 0 Å². The van der Waals surface area contributed by atoms with Crippen molar-refractivity contribution >= 4 is 11.9 Å². The van der Waals surface area contributed by atoms with Crippen molar-refractivity contribution in [1.82, 2.24) is 0 Å². The van der Waals surface area contributed by atoms with Gasteiger partial charge in [-0.15, -0.1) is 0 Å². The summed E-state index contributed by atoms with van der Waals surface area (Å²) in [7, 11) is 0. The fraction of sp³-hybridized carbons (Fsp3) is 0.556. The van der Waals surface area contributed by atoms with Crippen molar-refractivity contribution in [3.8, 4) is 0 Å². The van der Waals surface area contributed by atoms with E-state index in [9.17, 15) is 19.8 Å². The van der Waals surface area contributed by atoms with Gasteiger partial charge in [0.2, 0.25) is 0 Å². The Morgan fingerprint density at radius 3 is 2.09 bits per heavy atom. The van der Waals surface area contributed by atoms with Crippen LogP contribution >= 0.6 is 0 Å². The van der Waals surface area contributed by atoms with Crippen molar-refractivity contribution in [3.63, 3.8) is 0 Å². The quantitative estimate of drug-likeness (QED) is 0.647. The van der Waals surface area contributed by atoms with Crippen LogP contribution in [0.3, 0.4) is 0 Å². The first-order chi connectivity index (χ1) is 10.4. The number of aromatic carboxylic acids is 2. The Labute approximate surface area is 132 Å².